The third-order valence-electron chi connectivity index (χ3n) is 2.71. The molecule has 0 aliphatic heterocycles. The first-order valence-electron chi connectivity index (χ1n) is 5.51. The number of aryl methyl sites for hydroxylation is 1. The van der Waals surface area contributed by atoms with Crippen LogP contribution in [0.15, 0.2) is 36.4 Å². The van der Waals surface area contributed by atoms with E-state index >= 15 is 0 Å². The van der Waals surface area contributed by atoms with Crippen molar-refractivity contribution in [3.8, 4) is 0 Å². The number of benzene rings is 2. The molecule has 18 heavy (non-hydrogen) atoms. The molecule has 0 bridgehead atoms. The van der Waals surface area contributed by atoms with Crippen molar-refractivity contribution < 1.29 is 4.39 Å². The van der Waals surface area contributed by atoms with Crippen LogP contribution in [0.25, 0.3) is 0 Å². The van der Waals surface area contributed by atoms with E-state index in [0.29, 0.717) is 22.3 Å². The van der Waals surface area contributed by atoms with Gasteiger partial charge in [-0.3, -0.25) is 0 Å². The minimum atomic E-state index is -0.270. The summed E-state index contributed by atoms with van der Waals surface area (Å²) in [5.74, 6) is -0.270. The highest BCUT2D eigenvalue weighted by atomic mass is 35.5. The molecule has 94 valence electrons. The SMILES string of the molecule is Cc1cccc(F)c1NCc1cccc(Cl)c1Cl. The van der Waals surface area contributed by atoms with Crippen LogP contribution in [0.5, 0.6) is 0 Å². The number of anilines is 1. The van der Waals surface area contributed by atoms with Crippen molar-refractivity contribution in [3.63, 3.8) is 0 Å². The number of hydrogen-bond donors (Lipinski definition) is 1. The molecule has 0 saturated carbocycles. The Balaban J connectivity index is 2.19. The average Bonchev–Trinajstić information content (AvgIpc) is 2.33. The fraction of sp³-hybridized carbons (Fsp3) is 0.143. The molecule has 2 rings (SSSR count). The Bertz CT molecular complexity index is 549. The van der Waals surface area contributed by atoms with Gasteiger partial charge in [-0.05, 0) is 30.2 Å². The maximum absolute atomic E-state index is 13.6. The lowest BCUT2D eigenvalue weighted by Gasteiger charge is -2.12. The summed E-state index contributed by atoms with van der Waals surface area (Å²) in [4.78, 5) is 0. The predicted molar refractivity (Wildman–Crippen MR) is 74.9 cm³/mol. The smallest absolute Gasteiger partial charge is 0.146 e. The molecule has 0 spiro atoms. The van der Waals surface area contributed by atoms with Crippen molar-refractivity contribution >= 4 is 28.9 Å². The molecule has 0 heterocycles. The lowest BCUT2D eigenvalue weighted by atomic mass is 10.1. The molecule has 1 N–H and O–H groups in total. The fourth-order valence-electron chi connectivity index (χ4n) is 1.72. The van der Waals surface area contributed by atoms with E-state index in [2.05, 4.69) is 5.32 Å². The number of halogens is 3. The first-order chi connectivity index (χ1) is 8.59. The predicted octanol–water partition coefficient (Wildman–Crippen LogP) is 5.05. The molecule has 0 fully saturated rings. The van der Waals surface area contributed by atoms with Gasteiger partial charge in [0.25, 0.3) is 0 Å². The Labute approximate surface area is 116 Å². The molecule has 2 aromatic carbocycles. The van der Waals surface area contributed by atoms with Gasteiger partial charge in [-0.2, -0.15) is 0 Å². The number of nitrogens with one attached hydrogen (secondary N) is 1. The maximum atomic E-state index is 13.6. The molecule has 0 atom stereocenters. The van der Waals surface area contributed by atoms with Crippen LogP contribution in [-0.4, -0.2) is 0 Å². The lowest BCUT2D eigenvalue weighted by molar-refractivity contribution is 0.629. The molecule has 0 saturated heterocycles. The van der Waals surface area contributed by atoms with Gasteiger partial charge in [-0.15, -0.1) is 0 Å². The first-order valence-corrected chi connectivity index (χ1v) is 6.27. The van der Waals surface area contributed by atoms with Gasteiger partial charge in [0.15, 0.2) is 0 Å². The van der Waals surface area contributed by atoms with Crippen LogP contribution in [0.2, 0.25) is 10.0 Å². The summed E-state index contributed by atoms with van der Waals surface area (Å²) in [6, 6.07) is 10.4. The van der Waals surface area contributed by atoms with E-state index < -0.39 is 0 Å². The Morgan fingerprint density at radius 2 is 1.83 bits per heavy atom. The normalized spacial score (nSPS) is 10.4. The molecule has 4 heteroatoms. The van der Waals surface area contributed by atoms with Crippen LogP contribution in [0.4, 0.5) is 10.1 Å². The van der Waals surface area contributed by atoms with E-state index in [-0.39, 0.29) is 5.82 Å². The lowest BCUT2D eigenvalue weighted by Crippen LogP contribution is -2.03. The van der Waals surface area contributed by atoms with Gasteiger partial charge in [-0.1, -0.05) is 47.5 Å². The van der Waals surface area contributed by atoms with Crippen molar-refractivity contribution in [1.29, 1.82) is 0 Å². The summed E-state index contributed by atoms with van der Waals surface area (Å²) in [5.41, 5.74) is 2.19. The van der Waals surface area contributed by atoms with Gasteiger partial charge in [0.1, 0.15) is 5.82 Å². The Kier molecular flexibility index (Phi) is 4.10. The molecule has 0 aliphatic carbocycles. The first kappa shape index (κ1) is 13.2. The van der Waals surface area contributed by atoms with Gasteiger partial charge < -0.3 is 5.32 Å². The molecule has 1 nitrogen and oxygen atoms in total. The van der Waals surface area contributed by atoms with Crippen molar-refractivity contribution in [2.24, 2.45) is 0 Å². The van der Waals surface area contributed by atoms with Gasteiger partial charge in [-0.25, -0.2) is 4.39 Å². The monoisotopic (exact) mass is 283 g/mol. The minimum absolute atomic E-state index is 0.270. The van der Waals surface area contributed by atoms with Crippen LogP contribution >= 0.6 is 23.2 Å². The molecule has 0 radical (unpaired) electrons. The zero-order valence-corrected chi connectivity index (χ0v) is 11.3. The van der Waals surface area contributed by atoms with E-state index in [4.69, 9.17) is 23.2 Å². The van der Waals surface area contributed by atoms with Crippen molar-refractivity contribution in [3.05, 3.63) is 63.4 Å². The Morgan fingerprint density at radius 3 is 2.56 bits per heavy atom. The molecule has 0 unspecified atom stereocenters. The molecular weight excluding hydrogens is 272 g/mol. The van der Waals surface area contributed by atoms with Crippen LogP contribution in [0.1, 0.15) is 11.1 Å². The highest BCUT2D eigenvalue weighted by Gasteiger charge is 2.07. The minimum Gasteiger partial charge on any atom is -0.378 e. The van der Waals surface area contributed by atoms with Crippen molar-refractivity contribution in [2.75, 3.05) is 5.32 Å². The summed E-state index contributed by atoms with van der Waals surface area (Å²) in [6.07, 6.45) is 0. The maximum Gasteiger partial charge on any atom is 0.146 e. The Morgan fingerprint density at radius 1 is 1.11 bits per heavy atom. The van der Waals surface area contributed by atoms with Crippen molar-refractivity contribution in [2.45, 2.75) is 13.5 Å². The van der Waals surface area contributed by atoms with Crippen LogP contribution in [-0.2, 0) is 6.54 Å². The van der Waals surface area contributed by atoms with E-state index in [0.717, 1.165) is 11.1 Å². The molecular formula is C14H12Cl2FN. The van der Waals surface area contributed by atoms with Crippen LogP contribution in [0.3, 0.4) is 0 Å². The van der Waals surface area contributed by atoms with Crippen molar-refractivity contribution in [1.82, 2.24) is 0 Å². The van der Waals surface area contributed by atoms with E-state index in [1.807, 2.05) is 25.1 Å². The molecule has 0 aromatic heterocycles. The third-order valence-corrected chi connectivity index (χ3v) is 3.57. The van der Waals surface area contributed by atoms with Gasteiger partial charge in [0.05, 0.1) is 15.7 Å². The standard InChI is InChI=1S/C14H12Cl2FN/c1-9-4-2-7-12(17)14(9)18-8-10-5-3-6-11(15)13(10)16/h2-7,18H,8H2,1H3. The molecule has 2 aromatic rings. The van der Waals surface area contributed by atoms with Crippen LogP contribution < -0.4 is 5.32 Å². The topological polar surface area (TPSA) is 12.0 Å². The number of hydrogen-bond acceptors (Lipinski definition) is 1. The second-order valence-electron chi connectivity index (χ2n) is 4.00. The number of rotatable bonds is 3. The second-order valence-corrected chi connectivity index (χ2v) is 4.78. The zero-order chi connectivity index (χ0) is 13.1. The van der Waals surface area contributed by atoms with E-state index in [9.17, 15) is 4.39 Å². The van der Waals surface area contributed by atoms with Gasteiger partial charge >= 0.3 is 0 Å². The van der Waals surface area contributed by atoms with Crippen LogP contribution in [0, 0.1) is 12.7 Å². The Hall–Kier alpha value is -1.25. The summed E-state index contributed by atoms with van der Waals surface area (Å²) >= 11 is 12.0. The molecule has 0 aliphatic rings. The summed E-state index contributed by atoms with van der Waals surface area (Å²) in [7, 11) is 0. The highest BCUT2D eigenvalue weighted by molar-refractivity contribution is 6.42. The zero-order valence-electron chi connectivity index (χ0n) is 9.81. The molecule has 0 amide bonds. The van der Waals surface area contributed by atoms with Gasteiger partial charge in [0.2, 0.25) is 0 Å². The average molecular weight is 284 g/mol. The van der Waals surface area contributed by atoms with Gasteiger partial charge in [0, 0.05) is 6.54 Å². The third kappa shape index (κ3) is 2.77. The summed E-state index contributed by atoms with van der Waals surface area (Å²) < 4.78 is 13.6. The quantitative estimate of drug-likeness (QED) is 0.831. The number of para-hydroxylation sites is 1. The summed E-state index contributed by atoms with van der Waals surface area (Å²) in [6.45, 7) is 2.28. The van der Waals surface area contributed by atoms with E-state index in [1.54, 1.807) is 12.1 Å². The van der Waals surface area contributed by atoms with E-state index in [1.165, 1.54) is 6.07 Å². The fourth-order valence-corrected chi connectivity index (χ4v) is 2.11. The summed E-state index contributed by atoms with van der Waals surface area (Å²) in [5, 5.41) is 4.05. The largest absolute Gasteiger partial charge is 0.378 e. The highest BCUT2D eigenvalue weighted by Crippen LogP contribution is 2.27. The second kappa shape index (κ2) is 5.59.